The molecule has 1 amide bonds. The van der Waals surface area contributed by atoms with Crippen LogP contribution >= 0.6 is 0 Å². The van der Waals surface area contributed by atoms with E-state index in [2.05, 4.69) is 19.2 Å². The fourth-order valence-corrected chi connectivity index (χ4v) is 2.36. The Balaban J connectivity index is 2.67. The molecule has 0 saturated carbocycles. The topological polar surface area (TPSA) is 56.0 Å². The number of aromatic nitrogens is 2. The van der Waals surface area contributed by atoms with Gasteiger partial charge in [-0.05, 0) is 25.0 Å². The Bertz CT molecular complexity index is 696. The molecule has 5 heteroatoms. The molecule has 0 radical (unpaired) electrons. The minimum Gasteiger partial charge on any atom is -0.320 e. The van der Waals surface area contributed by atoms with E-state index in [1.807, 2.05) is 41.9 Å². The first-order valence-corrected chi connectivity index (χ1v) is 7.07. The fraction of sp³-hybridized carbons (Fsp3) is 0.375. The van der Waals surface area contributed by atoms with Crippen LogP contribution in [0.15, 0.2) is 35.1 Å². The van der Waals surface area contributed by atoms with Crippen LogP contribution in [-0.4, -0.2) is 15.3 Å². The van der Waals surface area contributed by atoms with Gasteiger partial charge in [0.05, 0.1) is 11.4 Å². The Kier molecular flexibility index (Phi) is 4.31. The first-order chi connectivity index (χ1) is 9.91. The van der Waals surface area contributed by atoms with E-state index in [1.54, 1.807) is 4.68 Å². The van der Waals surface area contributed by atoms with Crippen molar-refractivity contribution in [2.24, 2.45) is 5.92 Å². The Morgan fingerprint density at radius 1 is 1.24 bits per heavy atom. The molecular formula is C16H21N3O2. The molecule has 0 fully saturated rings. The molecule has 112 valence electrons. The van der Waals surface area contributed by atoms with Crippen LogP contribution < -0.4 is 10.9 Å². The minimum atomic E-state index is -0.239. The zero-order chi connectivity index (χ0) is 15.6. The standard InChI is InChI=1S/C16H21N3O2/c1-11(2)10-18-12(3)15(17-13(4)20)16(21)19(18)14-8-6-5-7-9-14/h5-9,11H,10H2,1-4H3,(H,17,20). The summed E-state index contributed by atoms with van der Waals surface area (Å²) in [6, 6.07) is 9.46. The lowest BCUT2D eigenvalue weighted by atomic mass is 10.2. The van der Waals surface area contributed by atoms with Crippen LogP contribution in [0.2, 0.25) is 0 Å². The number of hydrogen-bond acceptors (Lipinski definition) is 2. The van der Waals surface area contributed by atoms with Crippen molar-refractivity contribution in [2.45, 2.75) is 34.2 Å². The number of carbonyl (C=O) groups excluding carboxylic acids is 1. The van der Waals surface area contributed by atoms with Crippen molar-refractivity contribution >= 4 is 11.6 Å². The van der Waals surface area contributed by atoms with Crippen molar-refractivity contribution in [3.05, 3.63) is 46.4 Å². The number of hydrogen-bond donors (Lipinski definition) is 1. The first-order valence-electron chi connectivity index (χ1n) is 7.07. The van der Waals surface area contributed by atoms with Gasteiger partial charge in [-0.2, -0.15) is 0 Å². The number of nitrogens with one attached hydrogen (secondary N) is 1. The highest BCUT2D eigenvalue weighted by Crippen LogP contribution is 2.16. The predicted octanol–water partition coefficient (Wildman–Crippen LogP) is 2.56. The van der Waals surface area contributed by atoms with Crippen molar-refractivity contribution in [3.63, 3.8) is 0 Å². The highest BCUT2D eigenvalue weighted by atomic mass is 16.2. The van der Waals surface area contributed by atoms with Crippen LogP contribution in [0.5, 0.6) is 0 Å². The van der Waals surface area contributed by atoms with E-state index < -0.39 is 0 Å². The van der Waals surface area contributed by atoms with Gasteiger partial charge in [0.1, 0.15) is 5.69 Å². The van der Waals surface area contributed by atoms with E-state index in [-0.39, 0.29) is 11.5 Å². The summed E-state index contributed by atoms with van der Waals surface area (Å²) in [7, 11) is 0. The number of benzene rings is 1. The zero-order valence-corrected chi connectivity index (χ0v) is 12.9. The Labute approximate surface area is 124 Å². The predicted molar refractivity (Wildman–Crippen MR) is 83.9 cm³/mol. The van der Waals surface area contributed by atoms with Gasteiger partial charge in [0.15, 0.2) is 0 Å². The summed E-state index contributed by atoms with van der Waals surface area (Å²) in [6.07, 6.45) is 0. The van der Waals surface area contributed by atoms with Crippen LogP contribution in [0.1, 0.15) is 26.5 Å². The zero-order valence-electron chi connectivity index (χ0n) is 12.9. The van der Waals surface area contributed by atoms with Crippen molar-refractivity contribution in [1.82, 2.24) is 9.36 Å². The second-order valence-electron chi connectivity index (χ2n) is 5.57. The van der Waals surface area contributed by atoms with Crippen LogP contribution in [0.3, 0.4) is 0 Å². The van der Waals surface area contributed by atoms with Gasteiger partial charge in [0.25, 0.3) is 5.56 Å². The number of carbonyl (C=O) groups is 1. The summed E-state index contributed by atoms with van der Waals surface area (Å²) in [5.41, 5.74) is 1.72. The molecule has 0 atom stereocenters. The Morgan fingerprint density at radius 2 is 1.86 bits per heavy atom. The van der Waals surface area contributed by atoms with E-state index in [0.29, 0.717) is 18.2 Å². The van der Waals surface area contributed by atoms with Crippen LogP contribution in [0.25, 0.3) is 5.69 Å². The molecule has 0 aliphatic carbocycles. The summed E-state index contributed by atoms with van der Waals surface area (Å²) in [5.74, 6) is 0.146. The Hall–Kier alpha value is -2.30. The average Bonchev–Trinajstić information content (AvgIpc) is 2.63. The molecule has 0 saturated heterocycles. The normalized spacial score (nSPS) is 10.9. The van der Waals surface area contributed by atoms with Crippen LogP contribution in [0.4, 0.5) is 5.69 Å². The highest BCUT2D eigenvalue weighted by molar-refractivity contribution is 5.89. The molecule has 1 N–H and O–H groups in total. The monoisotopic (exact) mass is 287 g/mol. The molecule has 5 nitrogen and oxygen atoms in total. The molecule has 1 heterocycles. The maximum absolute atomic E-state index is 12.7. The van der Waals surface area contributed by atoms with E-state index in [4.69, 9.17) is 0 Å². The fourth-order valence-electron chi connectivity index (χ4n) is 2.36. The molecule has 0 aliphatic rings. The Morgan fingerprint density at radius 3 is 2.38 bits per heavy atom. The molecule has 2 rings (SSSR count). The molecule has 0 spiro atoms. The van der Waals surface area contributed by atoms with Crippen LogP contribution in [-0.2, 0) is 11.3 Å². The molecule has 2 aromatic rings. The van der Waals surface area contributed by atoms with Gasteiger partial charge in [-0.3, -0.25) is 14.3 Å². The summed E-state index contributed by atoms with van der Waals surface area (Å²) >= 11 is 0. The van der Waals surface area contributed by atoms with Gasteiger partial charge in [-0.1, -0.05) is 32.0 Å². The molecule has 0 aliphatic heterocycles. The smallest absolute Gasteiger partial charge is 0.295 e. The lowest BCUT2D eigenvalue weighted by molar-refractivity contribution is -0.114. The SMILES string of the molecule is CC(=O)Nc1c(C)n(CC(C)C)n(-c2ccccc2)c1=O. The van der Waals surface area contributed by atoms with Gasteiger partial charge in [-0.25, -0.2) is 4.68 Å². The summed E-state index contributed by atoms with van der Waals surface area (Å²) in [5, 5.41) is 2.65. The third-order valence-corrected chi connectivity index (χ3v) is 3.24. The third kappa shape index (κ3) is 3.07. The molecule has 0 bridgehead atoms. The second-order valence-corrected chi connectivity index (χ2v) is 5.57. The number of rotatable bonds is 4. The quantitative estimate of drug-likeness (QED) is 0.939. The molecular weight excluding hydrogens is 266 g/mol. The molecule has 1 aromatic heterocycles. The van der Waals surface area contributed by atoms with E-state index >= 15 is 0 Å². The lowest BCUT2D eigenvalue weighted by Crippen LogP contribution is -2.24. The lowest BCUT2D eigenvalue weighted by Gasteiger charge is -2.15. The van der Waals surface area contributed by atoms with Gasteiger partial charge in [-0.15, -0.1) is 0 Å². The second kappa shape index (κ2) is 5.99. The highest BCUT2D eigenvalue weighted by Gasteiger charge is 2.19. The number of para-hydroxylation sites is 1. The van der Waals surface area contributed by atoms with E-state index in [9.17, 15) is 9.59 Å². The van der Waals surface area contributed by atoms with Crippen molar-refractivity contribution in [2.75, 3.05) is 5.32 Å². The van der Waals surface area contributed by atoms with Gasteiger partial charge in [0.2, 0.25) is 5.91 Å². The summed E-state index contributed by atoms with van der Waals surface area (Å²) in [4.78, 5) is 24.0. The number of amides is 1. The van der Waals surface area contributed by atoms with Gasteiger partial charge >= 0.3 is 0 Å². The number of anilines is 1. The van der Waals surface area contributed by atoms with E-state index in [0.717, 1.165) is 11.4 Å². The molecule has 1 aromatic carbocycles. The maximum Gasteiger partial charge on any atom is 0.295 e. The summed E-state index contributed by atoms with van der Waals surface area (Å²) in [6.45, 7) is 8.16. The van der Waals surface area contributed by atoms with Crippen molar-refractivity contribution < 1.29 is 4.79 Å². The average molecular weight is 287 g/mol. The van der Waals surface area contributed by atoms with E-state index in [1.165, 1.54) is 6.92 Å². The minimum absolute atomic E-state index is 0.199. The maximum atomic E-state index is 12.7. The molecule has 0 unspecified atom stereocenters. The largest absolute Gasteiger partial charge is 0.320 e. The van der Waals surface area contributed by atoms with Gasteiger partial charge in [0, 0.05) is 13.5 Å². The molecule has 21 heavy (non-hydrogen) atoms. The summed E-state index contributed by atoms with van der Waals surface area (Å²) < 4.78 is 3.55. The number of nitrogens with zero attached hydrogens (tertiary/aromatic N) is 2. The third-order valence-electron chi connectivity index (χ3n) is 3.24. The van der Waals surface area contributed by atoms with Crippen LogP contribution in [0, 0.1) is 12.8 Å². The first kappa shape index (κ1) is 15.1. The van der Waals surface area contributed by atoms with Crippen molar-refractivity contribution in [1.29, 1.82) is 0 Å². The van der Waals surface area contributed by atoms with Gasteiger partial charge < -0.3 is 5.32 Å². The van der Waals surface area contributed by atoms with Crippen molar-refractivity contribution in [3.8, 4) is 5.69 Å².